The van der Waals surface area contributed by atoms with Gasteiger partial charge in [-0.1, -0.05) is 42.5 Å². The van der Waals surface area contributed by atoms with Crippen LogP contribution in [0.3, 0.4) is 0 Å². The molecule has 3 aromatic rings. The Hall–Kier alpha value is -3.08. The van der Waals surface area contributed by atoms with E-state index in [-0.39, 0.29) is 11.7 Å². The minimum atomic E-state index is -0.383. The highest BCUT2D eigenvalue weighted by Gasteiger charge is 2.08. The summed E-state index contributed by atoms with van der Waals surface area (Å²) in [6.07, 6.45) is 1.78. The van der Waals surface area contributed by atoms with E-state index < -0.39 is 0 Å². The second-order valence-electron chi connectivity index (χ2n) is 5.16. The Kier molecular flexibility index (Phi) is 4.10. The molecule has 0 atom stereocenters. The molecule has 5 nitrogen and oxygen atoms in total. The lowest BCUT2D eigenvalue weighted by Crippen LogP contribution is -2.16. The lowest BCUT2D eigenvalue weighted by atomic mass is 10.1. The highest BCUT2D eigenvalue weighted by atomic mass is 16.5. The predicted octanol–water partition coefficient (Wildman–Crippen LogP) is 2.68. The van der Waals surface area contributed by atoms with Gasteiger partial charge < -0.3 is 9.72 Å². The van der Waals surface area contributed by atoms with Gasteiger partial charge in [0.25, 0.3) is 0 Å². The zero-order valence-electron chi connectivity index (χ0n) is 12.7. The third-order valence-corrected chi connectivity index (χ3v) is 3.60. The highest BCUT2D eigenvalue weighted by molar-refractivity contribution is 5.89. The average molecular weight is 308 g/mol. The van der Waals surface area contributed by atoms with Crippen LogP contribution in [0.25, 0.3) is 11.3 Å². The molecule has 0 unspecified atom stereocenters. The number of benzene rings is 2. The van der Waals surface area contributed by atoms with Crippen molar-refractivity contribution in [2.75, 3.05) is 7.11 Å². The SMILES string of the molecule is COC(=O)c1ccc(-c2cn(Cc3ccccc3)c(=O)[nH]2)cc1. The van der Waals surface area contributed by atoms with E-state index in [0.29, 0.717) is 17.8 Å². The first-order valence-electron chi connectivity index (χ1n) is 7.19. The molecule has 0 saturated heterocycles. The summed E-state index contributed by atoms with van der Waals surface area (Å²) < 4.78 is 6.29. The Morgan fingerprint density at radius 2 is 1.78 bits per heavy atom. The van der Waals surface area contributed by atoms with Gasteiger partial charge in [-0.25, -0.2) is 9.59 Å². The smallest absolute Gasteiger partial charge is 0.337 e. The van der Waals surface area contributed by atoms with Crippen molar-refractivity contribution in [2.24, 2.45) is 0 Å². The van der Waals surface area contributed by atoms with Crippen LogP contribution >= 0.6 is 0 Å². The van der Waals surface area contributed by atoms with Gasteiger partial charge in [0, 0.05) is 6.20 Å². The molecule has 0 radical (unpaired) electrons. The van der Waals surface area contributed by atoms with E-state index in [1.807, 2.05) is 30.3 Å². The molecule has 0 spiro atoms. The van der Waals surface area contributed by atoms with Gasteiger partial charge in [0.1, 0.15) is 0 Å². The number of nitrogens with zero attached hydrogens (tertiary/aromatic N) is 1. The van der Waals surface area contributed by atoms with Gasteiger partial charge in [0.05, 0.1) is 24.9 Å². The average Bonchev–Trinajstić information content (AvgIpc) is 2.96. The maximum atomic E-state index is 12.1. The standard InChI is InChI=1S/C18H16N2O3/c1-23-17(21)15-9-7-14(8-10-15)16-12-20(18(22)19-16)11-13-5-3-2-4-6-13/h2-10,12H,11H2,1H3,(H,19,22). The van der Waals surface area contributed by atoms with Crippen LogP contribution in [0, 0.1) is 0 Å². The third-order valence-electron chi connectivity index (χ3n) is 3.60. The van der Waals surface area contributed by atoms with Crippen LogP contribution in [0.1, 0.15) is 15.9 Å². The normalized spacial score (nSPS) is 10.5. The minimum Gasteiger partial charge on any atom is -0.465 e. The fourth-order valence-electron chi connectivity index (χ4n) is 2.38. The summed E-state index contributed by atoms with van der Waals surface area (Å²) in [4.78, 5) is 26.3. The topological polar surface area (TPSA) is 64.1 Å². The number of nitrogens with one attached hydrogen (secondary N) is 1. The van der Waals surface area contributed by atoms with Crippen LogP contribution in [0.2, 0.25) is 0 Å². The minimum absolute atomic E-state index is 0.166. The highest BCUT2D eigenvalue weighted by Crippen LogP contribution is 2.17. The molecule has 1 heterocycles. The van der Waals surface area contributed by atoms with Gasteiger partial charge in [0.15, 0.2) is 0 Å². The number of rotatable bonds is 4. The maximum absolute atomic E-state index is 12.1. The summed E-state index contributed by atoms with van der Waals surface area (Å²) in [5.41, 5.74) is 2.91. The van der Waals surface area contributed by atoms with Crippen molar-refractivity contribution >= 4 is 5.97 Å². The fourth-order valence-corrected chi connectivity index (χ4v) is 2.38. The van der Waals surface area contributed by atoms with Gasteiger partial charge in [0.2, 0.25) is 0 Å². The second kappa shape index (κ2) is 6.36. The first-order valence-corrected chi connectivity index (χ1v) is 7.19. The van der Waals surface area contributed by atoms with Crippen LogP contribution < -0.4 is 5.69 Å². The monoisotopic (exact) mass is 308 g/mol. The van der Waals surface area contributed by atoms with Crippen molar-refractivity contribution < 1.29 is 9.53 Å². The van der Waals surface area contributed by atoms with Crippen molar-refractivity contribution in [3.8, 4) is 11.3 Å². The summed E-state index contributed by atoms with van der Waals surface area (Å²) in [6.45, 7) is 0.510. The van der Waals surface area contributed by atoms with E-state index in [1.54, 1.807) is 35.0 Å². The number of ether oxygens (including phenoxy) is 1. The lowest BCUT2D eigenvalue weighted by molar-refractivity contribution is 0.0601. The molecule has 0 fully saturated rings. The Morgan fingerprint density at radius 1 is 1.09 bits per heavy atom. The molecule has 0 aliphatic heterocycles. The predicted molar refractivity (Wildman–Crippen MR) is 87.4 cm³/mol. The molecule has 1 aromatic heterocycles. The number of hydrogen-bond acceptors (Lipinski definition) is 3. The first kappa shape index (κ1) is 14.8. The number of aromatic amines is 1. The Bertz CT molecular complexity index is 861. The number of hydrogen-bond donors (Lipinski definition) is 1. The molecule has 0 bridgehead atoms. The Labute approximate surface area is 133 Å². The summed E-state index contributed by atoms with van der Waals surface area (Å²) >= 11 is 0. The number of methoxy groups -OCH3 is 1. The summed E-state index contributed by atoms with van der Waals surface area (Å²) in [7, 11) is 1.34. The van der Waals surface area contributed by atoms with Gasteiger partial charge in [-0.05, 0) is 23.3 Å². The van der Waals surface area contributed by atoms with Gasteiger partial charge >= 0.3 is 11.7 Å². The third kappa shape index (κ3) is 3.23. The Balaban J connectivity index is 1.86. The van der Waals surface area contributed by atoms with E-state index in [9.17, 15) is 9.59 Å². The number of esters is 1. The van der Waals surface area contributed by atoms with E-state index >= 15 is 0 Å². The molecule has 0 amide bonds. The van der Waals surface area contributed by atoms with Gasteiger partial charge in [-0.3, -0.25) is 4.57 Å². The number of imidazole rings is 1. The summed E-state index contributed by atoms with van der Waals surface area (Å²) in [5, 5.41) is 0. The Morgan fingerprint density at radius 3 is 2.43 bits per heavy atom. The van der Waals surface area contributed by atoms with Crippen molar-refractivity contribution in [1.82, 2.24) is 9.55 Å². The van der Waals surface area contributed by atoms with E-state index in [2.05, 4.69) is 9.72 Å². The largest absolute Gasteiger partial charge is 0.465 e. The molecule has 0 aliphatic carbocycles. The first-order chi connectivity index (χ1) is 11.2. The number of aromatic nitrogens is 2. The molecular weight excluding hydrogens is 292 g/mol. The molecule has 3 rings (SSSR count). The molecular formula is C18H16N2O3. The summed E-state index contributed by atoms with van der Waals surface area (Å²) in [5.74, 6) is -0.383. The van der Waals surface area contributed by atoms with E-state index in [0.717, 1.165) is 11.1 Å². The molecule has 0 saturated carbocycles. The van der Waals surface area contributed by atoms with Crippen LogP contribution in [0.15, 0.2) is 65.6 Å². The number of H-pyrrole nitrogens is 1. The molecule has 23 heavy (non-hydrogen) atoms. The van der Waals surface area contributed by atoms with Crippen molar-refractivity contribution in [3.05, 3.63) is 82.4 Å². The molecule has 2 aromatic carbocycles. The quantitative estimate of drug-likeness (QED) is 0.754. The van der Waals surface area contributed by atoms with Crippen LogP contribution in [0.5, 0.6) is 0 Å². The van der Waals surface area contributed by atoms with Crippen molar-refractivity contribution in [2.45, 2.75) is 6.54 Å². The van der Waals surface area contributed by atoms with Gasteiger partial charge in [-0.2, -0.15) is 0 Å². The molecule has 0 aliphatic rings. The fraction of sp³-hybridized carbons (Fsp3) is 0.111. The molecule has 1 N–H and O–H groups in total. The molecule has 5 heteroatoms. The number of carbonyl (C=O) groups is 1. The van der Waals surface area contributed by atoms with Crippen LogP contribution in [-0.4, -0.2) is 22.6 Å². The van der Waals surface area contributed by atoms with E-state index in [4.69, 9.17) is 0 Å². The van der Waals surface area contributed by atoms with Gasteiger partial charge in [-0.15, -0.1) is 0 Å². The lowest BCUT2D eigenvalue weighted by Gasteiger charge is -2.02. The maximum Gasteiger partial charge on any atom is 0.337 e. The second-order valence-corrected chi connectivity index (χ2v) is 5.16. The van der Waals surface area contributed by atoms with Crippen molar-refractivity contribution in [1.29, 1.82) is 0 Å². The van der Waals surface area contributed by atoms with Crippen LogP contribution in [-0.2, 0) is 11.3 Å². The molecule has 116 valence electrons. The van der Waals surface area contributed by atoms with E-state index in [1.165, 1.54) is 7.11 Å². The zero-order valence-corrected chi connectivity index (χ0v) is 12.7. The number of carbonyl (C=O) groups excluding carboxylic acids is 1. The van der Waals surface area contributed by atoms with Crippen LogP contribution in [0.4, 0.5) is 0 Å². The van der Waals surface area contributed by atoms with Crippen molar-refractivity contribution in [3.63, 3.8) is 0 Å². The zero-order chi connectivity index (χ0) is 16.2. The summed E-state index contributed by atoms with van der Waals surface area (Å²) in [6, 6.07) is 16.7.